The summed E-state index contributed by atoms with van der Waals surface area (Å²) in [6.07, 6.45) is 0. The first-order valence-electron chi connectivity index (χ1n) is 6.65. The largest absolute Gasteiger partial charge is 0.399 e. The number of anilines is 2. The molecular formula is C15H24N2O3. The number of nitrogen functional groups attached to an aromatic ring is 1. The van der Waals surface area contributed by atoms with Crippen LogP contribution in [-0.4, -0.2) is 31.3 Å². The van der Waals surface area contributed by atoms with Crippen LogP contribution in [-0.2, 0) is 14.3 Å². The van der Waals surface area contributed by atoms with Gasteiger partial charge in [-0.05, 0) is 45.4 Å². The molecule has 1 aromatic rings. The molecule has 1 aromatic carbocycles. The van der Waals surface area contributed by atoms with Crippen LogP contribution in [0, 0.1) is 6.92 Å². The van der Waals surface area contributed by atoms with Gasteiger partial charge in [0.25, 0.3) is 0 Å². The predicted octanol–water partition coefficient (Wildman–Crippen LogP) is 2.35. The van der Waals surface area contributed by atoms with E-state index in [1.165, 1.54) is 0 Å². The van der Waals surface area contributed by atoms with Crippen molar-refractivity contribution < 1.29 is 14.3 Å². The van der Waals surface area contributed by atoms with Crippen molar-refractivity contribution in [3.63, 3.8) is 0 Å². The normalized spacial score (nSPS) is 11.4. The molecule has 0 saturated carbocycles. The van der Waals surface area contributed by atoms with Crippen LogP contribution in [0.15, 0.2) is 18.2 Å². The molecule has 0 bridgehead atoms. The molecule has 3 N–H and O–H groups in total. The van der Waals surface area contributed by atoms with Crippen LogP contribution in [0.5, 0.6) is 0 Å². The fourth-order valence-electron chi connectivity index (χ4n) is 1.53. The lowest BCUT2D eigenvalue weighted by atomic mass is 10.2. The Kier molecular flexibility index (Phi) is 5.98. The smallest absolute Gasteiger partial charge is 0.250 e. The zero-order valence-electron chi connectivity index (χ0n) is 12.7. The number of hydrogen-bond donors (Lipinski definition) is 2. The molecule has 20 heavy (non-hydrogen) atoms. The van der Waals surface area contributed by atoms with Crippen molar-refractivity contribution in [1.82, 2.24) is 0 Å². The van der Waals surface area contributed by atoms with Crippen molar-refractivity contribution in [2.45, 2.75) is 33.3 Å². The molecule has 0 heterocycles. The molecule has 0 aromatic heterocycles. The van der Waals surface area contributed by atoms with Gasteiger partial charge in [0, 0.05) is 11.4 Å². The van der Waals surface area contributed by atoms with Crippen LogP contribution in [0.4, 0.5) is 11.4 Å². The highest BCUT2D eigenvalue weighted by molar-refractivity contribution is 5.92. The summed E-state index contributed by atoms with van der Waals surface area (Å²) < 4.78 is 10.8. The second kappa shape index (κ2) is 7.26. The summed E-state index contributed by atoms with van der Waals surface area (Å²) in [5.41, 5.74) is 7.78. The lowest BCUT2D eigenvalue weighted by Crippen LogP contribution is -2.24. The van der Waals surface area contributed by atoms with Crippen LogP contribution in [0.25, 0.3) is 0 Å². The average Bonchev–Trinajstić information content (AvgIpc) is 2.32. The van der Waals surface area contributed by atoms with Crippen molar-refractivity contribution >= 4 is 17.3 Å². The maximum atomic E-state index is 11.7. The van der Waals surface area contributed by atoms with E-state index >= 15 is 0 Å². The summed E-state index contributed by atoms with van der Waals surface area (Å²) in [4.78, 5) is 11.7. The highest BCUT2D eigenvalue weighted by Crippen LogP contribution is 2.17. The molecule has 0 aliphatic rings. The standard InChI is InChI=1S/C15H24N2O3/c1-11-5-6-12(16)9-13(11)17-14(18)10-19-7-8-20-15(2,3)4/h5-6,9H,7-8,10,16H2,1-4H3,(H,17,18). The van der Waals surface area contributed by atoms with Crippen LogP contribution in [0.2, 0.25) is 0 Å². The molecule has 5 nitrogen and oxygen atoms in total. The van der Waals surface area contributed by atoms with Gasteiger partial charge in [-0.2, -0.15) is 0 Å². The Labute approximate surface area is 120 Å². The molecule has 0 spiro atoms. The minimum absolute atomic E-state index is 0.00173. The van der Waals surface area contributed by atoms with Gasteiger partial charge in [-0.1, -0.05) is 6.07 Å². The number of rotatable bonds is 6. The Morgan fingerprint density at radius 1 is 1.30 bits per heavy atom. The van der Waals surface area contributed by atoms with Gasteiger partial charge in [-0.3, -0.25) is 4.79 Å². The van der Waals surface area contributed by atoms with Gasteiger partial charge in [-0.25, -0.2) is 0 Å². The molecule has 0 unspecified atom stereocenters. The summed E-state index contributed by atoms with van der Waals surface area (Å²) in [6, 6.07) is 5.39. The highest BCUT2D eigenvalue weighted by atomic mass is 16.5. The number of aryl methyl sites for hydroxylation is 1. The summed E-state index contributed by atoms with van der Waals surface area (Å²) in [6.45, 7) is 8.69. The van der Waals surface area contributed by atoms with Crippen LogP contribution in [0.1, 0.15) is 26.3 Å². The second-order valence-corrected chi connectivity index (χ2v) is 5.64. The minimum Gasteiger partial charge on any atom is -0.399 e. The van der Waals surface area contributed by atoms with E-state index in [2.05, 4.69) is 5.32 Å². The quantitative estimate of drug-likeness (QED) is 0.619. The molecule has 0 saturated heterocycles. The van der Waals surface area contributed by atoms with Gasteiger partial charge < -0.3 is 20.5 Å². The first kappa shape index (κ1) is 16.5. The summed E-state index contributed by atoms with van der Waals surface area (Å²) in [7, 11) is 0. The lowest BCUT2D eigenvalue weighted by Gasteiger charge is -2.19. The van der Waals surface area contributed by atoms with E-state index in [1.54, 1.807) is 12.1 Å². The molecule has 5 heteroatoms. The van der Waals surface area contributed by atoms with Gasteiger partial charge in [0.05, 0.1) is 18.8 Å². The summed E-state index contributed by atoms with van der Waals surface area (Å²) in [5.74, 6) is -0.200. The topological polar surface area (TPSA) is 73.6 Å². The van der Waals surface area contributed by atoms with E-state index < -0.39 is 0 Å². The fourth-order valence-corrected chi connectivity index (χ4v) is 1.53. The number of carbonyl (C=O) groups excluding carboxylic acids is 1. The SMILES string of the molecule is Cc1ccc(N)cc1NC(=O)COCCOC(C)(C)C. The van der Waals surface area contributed by atoms with Gasteiger partial charge >= 0.3 is 0 Å². The average molecular weight is 280 g/mol. The summed E-state index contributed by atoms with van der Waals surface area (Å²) in [5, 5.41) is 2.77. The molecule has 0 radical (unpaired) electrons. The zero-order valence-corrected chi connectivity index (χ0v) is 12.7. The van der Waals surface area contributed by atoms with Gasteiger partial charge in [-0.15, -0.1) is 0 Å². The van der Waals surface area contributed by atoms with Crippen molar-refractivity contribution in [2.75, 3.05) is 30.9 Å². The highest BCUT2D eigenvalue weighted by Gasteiger charge is 2.10. The number of nitrogens with two attached hydrogens (primary N) is 1. The first-order valence-corrected chi connectivity index (χ1v) is 6.65. The number of amides is 1. The Hall–Kier alpha value is -1.59. The van der Waals surface area contributed by atoms with Crippen molar-refractivity contribution in [3.05, 3.63) is 23.8 Å². The maximum Gasteiger partial charge on any atom is 0.250 e. The van der Waals surface area contributed by atoms with E-state index in [4.69, 9.17) is 15.2 Å². The number of benzene rings is 1. The lowest BCUT2D eigenvalue weighted by molar-refractivity contribution is -0.121. The first-order chi connectivity index (χ1) is 9.28. The van der Waals surface area contributed by atoms with Crippen LogP contribution >= 0.6 is 0 Å². The van der Waals surface area contributed by atoms with E-state index in [0.717, 1.165) is 5.56 Å². The van der Waals surface area contributed by atoms with Crippen LogP contribution < -0.4 is 11.1 Å². The second-order valence-electron chi connectivity index (χ2n) is 5.64. The van der Waals surface area contributed by atoms with Gasteiger partial charge in [0.2, 0.25) is 5.91 Å². The van der Waals surface area contributed by atoms with Crippen molar-refractivity contribution in [3.8, 4) is 0 Å². The minimum atomic E-state index is -0.200. The third-order valence-corrected chi connectivity index (χ3v) is 2.53. The molecule has 1 amide bonds. The van der Waals surface area contributed by atoms with E-state index in [1.807, 2.05) is 33.8 Å². The third-order valence-electron chi connectivity index (χ3n) is 2.53. The Balaban J connectivity index is 2.29. The molecule has 1 rings (SSSR count). The Morgan fingerprint density at radius 3 is 2.65 bits per heavy atom. The third kappa shape index (κ3) is 6.54. The van der Waals surface area contributed by atoms with Crippen LogP contribution in [0.3, 0.4) is 0 Å². The molecular weight excluding hydrogens is 256 g/mol. The van der Waals surface area contributed by atoms with Gasteiger partial charge in [0.15, 0.2) is 0 Å². The Bertz CT molecular complexity index is 453. The molecule has 0 atom stereocenters. The molecule has 0 aliphatic heterocycles. The van der Waals surface area contributed by atoms with E-state index in [-0.39, 0.29) is 18.1 Å². The number of carbonyl (C=O) groups is 1. The van der Waals surface area contributed by atoms with Crippen molar-refractivity contribution in [2.24, 2.45) is 0 Å². The zero-order chi connectivity index (χ0) is 15.2. The molecule has 112 valence electrons. The van der Waals surface area contributed by atoms with E-state index in [9.17, 15) is 4.79 Å². The van der Waals surface area contributed by atoms with Crippen molar-refractivity contribution in [1.29, 1.82) is 0 Å². The number of ether oxygens (including phenoxy) is 2. The fraction of sp³-hybridized carbons (Fsp3) is 0.533. The molecule has 0 aliphatic carbocycles. The number of nitrogens with one attached hydrogen (secondary N) is 1. The monoisotopic (exact) mass is 280 g/mol. The predicted molar refractivity (Wildman–Crippen MR) is 80.7 cm³/mol. The maximum absolute atomic E-state index is 11.7. The molecule has 0 fully saturated rings. The summed E-state index contributed by atoms with van der Waals surface area (Å²) >= 11 is 0. The van der Waals surface area contributed by atoms with E-state index in [0.29, 0.717) is 24.6 Å². The number of hydrogen-bond acceptors (Lipinski definition) is 4. The Morgan fingerprint density at radius 2 is 2.00 bits per heavy atom. The van der Waals surface area contributed by atoms with Gasteiger partial charge in [0.1, 0.15) is 6.61 Å².